The third-order valence-electron chi connectivity index (χ3n) is 4.02. The Labute approximate surface area is 106 Å². The van der Waals surface area contributed by atoms with Gasteiger partial charge in [-0.3, -0.25) is 4.79 Å². The molecule has 0 aromatic rings. The molecule has 17 heavy (non-hydrogen) atoms. The van der Waals surface area contributed by atoms with E-state index < -0.39 is 0 Å². The van der Waals surface area contributed by atoms with Gasteiger partial charge in [-0.1, -0.05) is 33.1 Å². The zero-order valence-corrected chi connectivity index (χ0v) is 11.5. The van der Waals surface area contributed by atoms with E-state index in [-0.39, 0.29) is 11.9 Å². The fraction of sp³-hybridized carbons (Fsp3) is 0.929. The fourth-order valence-electron chi connectivity index (χ4n) is 2.51. The molecule has 0 radical (unpaired) electrons. The lowest BCUT2D eigenvalue weighted by Gasteiger charge is -2.28. The van der Waals surface area contributed by atoms with Crippen molar-refractivity contribution >= 4 is 5.91 Å². The van der Waals surface area contributed by atoms with Crippen molar-refractivity contribution in [3.63, 3.8) is 0 Å². The molecule has 0 bridgehead atoms. The number of nitrogens with two attached hydrogens (primary N) is 1. The van der Waals surface area contributed by atoms with Gasteiger partial charge in [0, 0.05) is 18.5 Å². The molecule has 1 saturated carbocycles. The predicted octanol–water partition coefficient (Wildman–Crippen LogP) is 2.44. The number of nitrogens with one attached hydrogen (secondary N) is 1. The molecule has 1 amide bonds. The quantitative estimate of drug-likeness (QED) is 0.775. The Hall–Kier alpha value is -0.570. The highest BCUT2D eigenvalue weighted by molar-refractivity contribution is 5.76. The van der Waals surface area contributed by atoms with Crippen LogP contribution in [0.1, 0.15) is 59.3 Å². The van der Waals surface area contributed by atoms with Crippen LogP contribution in [-0.2, 0) is 4.79 Å². The van der Waals surface area contributed by atoms with Crippen molar-refractivity contribution in [2.75, 3.05) is 0 Å². The highest BCUT2D eigenvalue weighted by atomic mass is 16.1. The summed E-state index contributed by atoms with van der Waals surface area (Å²) in [6, 6.07) is 0.288. The molecule has 0 spiro atoms. The predicted molar refractivity (Wildman–Crippen MR) is 71.6 cm³/mol. The average molecular weight is 240 g/mol. The SMILES string of the molecule is CC(C)C(N)CC(=O)N[C@H](C)C1CCCCC1. The third-order valence-corrected chi connectivity index (χ3v) is 4.02. The first-order valence-electron chi connectivity index (χ1n) is 7.05. The second-order valence-electron chi connectivity index (χ2n) is 5.87. The summed E-state index contributed by atoms with van der Waals surface area (Å²) in [5.74, 6) is 1.15. The van der Waals surface area contributed by atoms with E-state index in [1.165, 1.54) is 32.1 Å². The van der Waals surface area contributed by atoms with Gasteiger partial charge >= 0.3 is 0 Å². The first-order chi connectivity index (χ1) is 8.00. The van der Waals surface area contributed by atoms with E-state index in [2.05, 4.69) is 26.1 Å². The van der Waals surface area contributed by atoms with Gasteiger partial charge in [0.25, 0.3) is 0 Å². The standard InChI is InChI=1S/C14H28N2O/c1-10(2)13(15)9-14(17)16-11(3)12-7-5-4-6-8-12/h10-13H,4-9,15H2,1-3H3,(H,16,17)/t11-,13?/m1/s1. The van der Waals surface area contributed by atoms with Gasteiger partial charge in [-0.15, -0.1) is 0 Å². The smallest absolute Gasteiger partial charge is 0.221 e. The van der Waals surface area contributed by atoms with Crippen molar-refractivity contribution in [3.05, 3.63) is 0 Å². The van der Waals surface area contributed by atoms with Crippen molar-refractivity contribution in [1.82, 2.24) is 5.32 Å². The highest BCUT2D eigenvalue weighted by Crippen LogP contribution is 2.26. The Morgan fingerprint density at radius 1 is 1.24 bits per heavy atom. The van der Waals surface area contributed by atoms with Crippen LogP contribution in [0.15, 0.2) is 0 Å². The van der Waals surface area contributed by atoms with Crippen molar-refractivity contribution in [3.8, 4) is 0 Å². The largest absolute Gasteiger partial charge is 0.353 e. The minimum Gasteiger partial charge on any atom is -0.353 e. The van der Waals surface area contributed by atoms with Crippen molar-refractivity contribution in [2.24, 2.45) is 17.6 Å². The van der Waals surface area contributed by atoms with Crippen LogP contribution in [-0.4, -0.2) is 18.0 Å². The van der Waals surface area contributed by atoms with Gasteiger partial charge in [0.05, 0.1) is 0 Å². The van der Waals surface area contributed by atoms with Gasteiger partial charge in [-0.05, 0) is 31.6 Å². The number of hydrogen-bond acceptors (Lipinski definition) is 2. The van der Waals surface area contributed by atoms with E-state index in [4.69, 9.17) is 5.73 Å². The van der Waals surface area contributed by atoms with E-state index in [0.29, 0.717) is 24.3 Å². The maximum atomic E-state index is 11.8. The molecule has 3 N–H and O–H groups in total. The van der Waals surface area contributed by atoms with E-state index in [9.17, 15) is 4.79 Å². The van der Waals surface area contributed by atoms with Gasteiger partial charge < -0.3 is 11.1 Å². The van der Waals surface area contributed by atoms with Gasteiger partial charge in [-0.2, -0.15) is 0 Å². The van der Waals surface area contributed by atoms with Crippen LogP contribution < -0.4 is 11.1 Å². The summed E-state index contributed by atoms with van der Waals surface area (Å²) in [6.45, 7) is 6.25. The topological polar surface area (TPSA) is 55.1 Å². The normalized spacial score (nSPS) is 21.2. The number of carbonyl (C=O) groups is 1. The summed E-state index contributed by atoms with van der Waals surface area (Å²) in [5, 5.41) is 3.12. The molecule has 0 aliphatic heterocycles. The lowest BCUT2D eigenvalue weighted by atomic mass is 9.84. The molecule has 3 heteroatoms. The van der Waals surface area contributed by atoms with Crippen molar-refractivity contribution in [1.29, 1.82) is 0 Å². The molecule has 1 rings (SSSR count). The molecule has 0 saturated heterocycles. The number of hydrogen-bond donors (Lipinski definition) is 2. The molecule has 2 atom stereocenters. The maximum absolute atomic E-state index is 11.8. The summed E-state index contributed by atoms with van der Waals surface area (Å²) >= 11 is 0. The first kappa shape index (κ1) is 14.5. The van der Waals surface area contributed by atoms with Gasteiger partial charge in [-0.25, -0.2) is 0 Å². The molecule has 0 heterocycles. The van der Waals surface area contributed by atoms with Crippen LogP contribution in [0, 0.1) is 11.8 Å². The monoisotopic (exact) mass is 240 g/mol. The molecule has 1 aliphatic carbocycles. The lowest BCUT2D eigenvalue weighted by molar-refractivity contribution is -0.122. The second kappa shape index (κ2) is 7.00. The number of rotatable bonds is 5. The lowest BCUT2D eigenvalue weighted by Crippen LogP contribution is -2.42. The van der Waals surface area contributed by atoms with E-state index in [1.807, 2.05) is 0 Å². The van der Waals surface area contributed by atoms with Gasteiger partial charge in [0.1, 0.15) is 0 Å². The Bertz CT molecular complexity index is 234. The summed E-state index contributed by atoms with van der Waals surface area (Å²) in [6.07, 6.45) is 6.96. The molecule has 1 aliphatic rings. The molecule has 0 aromatic carbocycles. The Kier molecular flexibility index (Phi) is 5.96. The van der Waals surface area contributed by atoms with Gasteiger partial charge in [0.15, 0.2) is 0 Å². The van der Waals surface area contributed by atoms with E-state index >= 15 is 0 Å². The Morgan fingerprint density at radius 3 is 2.35 bits per heavy atom. The second-order valence-corrected chi connectivity index (χ2v) is 5.87. The number of amides is 1. The zero-order chi connectivity index (χ0) is 12.8. The summed E-state index contributed by atoms with van der Waals surface area (Å²) in [5.41, 5.74) is 5.91. The van der Waals surface area contributed by atoms with Crippen LogP contribution in [0.4, 0.5) is 0 Å². The van der Waals surface area contributed by atoms with Crippen molar-refractivity contribution in [2.45, 2.75) is 71.4 Å². The average Bonchev–Trinajstić information content (AvgIpc) is 2.29. The molecular weight excluding hydrogens is 212 g/mol. The van der Waals surface area contributed by atoms with Crippen LogP contribution in [0.25, 0.3) is 0 Å². The molecule has 1 unspecified atom stereocenters. The fourth-order valence-corrected chi connectivity index (χ4v) is 2.51. The molecule has 3 nitrogen and oxygen atoms in total. The maximum Gasteiger partial charge on any atom is 0.221 e. The minimum atomic E-state index is -0.0199. The zero-order valence-electron chi connectivity index (χ0n) is 11.5. The van der Waals surface area contributed by atoms with E-state index in [0.717, 1.165) is 0 Å². The van der Waals surface area contributed by atoms with Crippen LogP contribution >= 0.6 is 0 Å². The van der Waals surface area contributed by atoms with Crippen LogP contribution in [0.2, 0.25) is 0 Å². The molecular formula is C14H28N2O. The minimum absolute atomic E-state index is 0.0199. The summed E-state index contributed by atoms with van der Waals surface area (Å²) in [7, 11) is 0. The molecule has 100 valence electrons. The Morgan fingerprint density at radius 2 is 1.82 bits per heavy atom. The first-order valence-corrected chi connectivity index (χ1v) is 7.05. The third kappa shape index (κ3) is 5.07. The van der Waals surface area contributed by atoms with Crippen LogP contribution in [0.3, 0.4) is 0 Å². The van der Waals surface area contributed by atoms with Crippen molar-refractivity contribution < 1.29 is 4.79 Å². The van der Waals surface area contributed by atoms with Crippen LogP contribution in [0.5, 0.6) is 0 Å². The Balaban J connectivity index is 2.29. The van der Waals surface area contributed by atoms with Gasteiger partial charge in [0.2, 0.25) is 5.91 Å². The van der Waals surface area contributed by atoms with E-state index in [1.54, 1.807) is 0 Å². The summed E-state index contributed by atoms with van der Waals surface area (Å²) in [4.78, 5) is 11.8. The molecule has 0 aromatic heterocycles. The molecule has 1 fully saturated rings. The highest BCUT2D eigenvalue weighted by Gasteiger charge is 2.22. The summed E-state index contributed by atoms with van der Waals surface area (Å²) < 4.78 is 0. The number of carbonyl (C=O) groups excluding carboxylic acids is 1.